The Balaban J connectivity index is 1.99. The molecule has 1 aliphatic heterocycles. The molecular formula is C12H11I3O3. The molecule has 6 heteroatoms. The molecule has 0 bridgehead atoms. The second-order valence-corrected chi connectivity index (χ2v) is 7.58. The van der Waals surface area contributed by atoms with Crippen molar-refractivity contribution in [3.63, 3.8) is 0 Å². The molecule has 18 heavy (non-hydrogen) atoms. The summed E-state index contributed by atoms with van der Waals surface area (Å²) in [5.74, 6) is 0.964. The minimum absolute atomic E-state index is 0.0178. The molecule has 1 aliphatic rings. The predicted molar refractivity (Wildman–Crippen MR) is 94.0 cm³/mol. The predicted octanol–water partition coefficient (Wildman–Crippen LogP) is 3.48. The molecule has 0 saturated carbocycles. The third-order valence-corrected chi connectivity index (χ3v) is 4.93. The lowest BCUT2D eigenvalue weighted by Crippen LogP contribution is -2.22. The maximum atomic E-state index is 11.9. The van der Waals surface area contributed by atoms with Crippen LogP contribution in [0.5, 0.6) is 5.75 Å². The lowest BCUT2D eigenvalue weighted by molar-refractivity contribution is -0.124. The Hall–Kier alpha value is 0.840. The third kappa shape index (κ3) is 3.92. The van der Waals surface area contributed by atoms with E-state index in [1.165, 1.54) is 3.57 Å². The van der Waals surface area contributed by atoms with Gasteiger partial charge in [0, 0.05) is 16.1 Å². The first-order valence-electron chi connectivity index (χ1n) is 5.45. The van der Waals surface area contributed by atoms with Gasteiger partial charge in [0.05, 0.1) is 13.7 Å². The standard InChI is InChI=1S/C12H11I3O3/c13-8-3-9(14)12(10(15)4-8)18-6-11(16)7-1-2-17-5-7/h3-4,7H,1-2,5-6H2. The molecular weight excluding hydrogens is 573 g/mol. The van der Waals surface area contributed by atoms with Crippen LogP contribution in [0.2, 0.25) is 0 Å². The Morgan fingerprint density at radius 1 is 1.33 bits per heavy atom. The Morgan fingerprint density at radius 3 is 2.56 bits per heavy atom. The van der Waals surface area contributed by atoms with Crippen molar-refractivity contribution in [1.29, 1.82) is 0 Å². The van der Waals surface area contributed by atoms with Gasteiger partial charge in [-0.05, 0) is 86.3 Å². The van der Waals surface area contributed by atoms with Crippen LogP contribution in [-0.2, 0) is 9.53 Å². The van der Waals surface area contributed by atoms with Gasteiger partial charge in [0.25, 0.3) is 0 Å². The zero-order valence-electron chi connectivity index (χ0n) is 9.42. The number of Topliss-reactive ketones (excluding diaryl/α,β-unsaturated/α-hetero) is 1. The van der Waals surface area contributed by atoms with E-state index in [1.807, 2.05) is 12.1 Å². The van der Waals surface area contributed by atoms with Crippen molar-refractivity contribution < 1.29 is 14.3 Å². The summed E-state index contributed by atoms with van der Waals surface area (Å²) < 4.78 is 14.1. The van der Waals surface area contributed by atoms with Gasteiger partial charge >= 0.3 is 0 Å². The van der Waals surface area contributed by atoms with E-state index in [0.717, 1.165) is 19.3 Å². The number of benzene rings is 1. The van der Waals surface area contributed by atoms with E-state index in [-0.39, 0.29) is 18.3 Å². The molecule has 2 rings (SSSR count). The molecule has 0 amide bonds. The second-order valence-electron chi connectivity index (χ2n) is 4.01. The summed E-state index contributed by atoms with van der Waals surface area (Å²) in [6.07, 6.45) is 0.822. The van der Waals surface area contributed by atoms with Gasteiger partial charge in [-0.3, -0.25) is 4.79 Å². The summed E-state index contributed by atoms with van der Waals surface area (Å²) in [6, 6.07) is 4.09. The highest BCUT2D eigenvalue weighted by molar-refractivity contribution is 14.1. The zero-order valence-corrected chi connectivity index (χ0v) is 15.9. The fraction of sp³-hybridized carbons (Fsp3) is 0.417. The van der Waals surface area contributed by atoms with Gasteiger partial charge in [-0.15, -0.1) is 0 Å². The van der Waals surface area contributed by atoms with Gasteiger partial charge < -0.3 is 9.47 Å². The Labute approximate surface area is 147 Å². The number of hydrogen-bond acceptors (Lipinski definition) is 3. The Morgan fingerprint density at radius 2 is 2.00 bits per heavy atom. The first-order chi connectivity index (χ1) is 8.58. The molecule has 1 unspecified atom stereocenters. The number of carbonyl (C=O) groups is 1. The van der Waals surface area contributed by atoms with E-state index in [9.17, 15) is 4.79 Å². The summed E-state index contributed by atoms with van der Waals surface area (Å²) in [5, 5.41) is 0. The van der Waals surface area contributed by atoms with Crippen LogP contribution in [0.4, 0.5) is 0 Å². The summed E-state index contributed by atoms with van der Waals surface area (Å²) in [5.41, 5.74) is 0. The topological polar surface area (TPSA) is 35.5 Å². The number of rotatable bonds is 4. The molecule has 0 radical (unpaired) electrons. The van der Waals surface area contributed by atoms with Crippen LogP contribution >= 0.6 is 67.8 Å². The van der Waals surface area contributed by atoms with E-state index in [4.69, 9.17) is 9.47 Å². The van der Waals surface area contributed by atoms with E-state index < -0.39 is 0 Å². The maximum absolute atomic E-state index is 11.9. The van der Waals surface area contributed by atoms with E-state index in [1.54, 1.807) is 0 Å². The average molecular weight is 584 g/mol. The number of ether oxygens (including phenoxy) is 2. The summed E-state index contributed by atoms with van der Waals surface area (Å²) in [7, 11) is 0. The van der Waals surface area contributed by atoms with Crippen LogP contribution in [0.3, 0.4) is 0 Å². The third-order valence-electron chi connectivity index (χ3n) is 2.71. The molecule has 1 fully saturated rings. The fourth-order valence-corrected chi connectivity index (χ4v) is 5.61. The lowest BCUT2D eigenvalue weighted by atomic mass is 10.0. The molecule has 98 valence electrons. The number of ketones is 1. The minimum atomic E-state index is 0.0178. The van der Waals surface area contributed by atoms with Gasteiger partial charge in [0.2, 0.25) is 0 Å². The number of halogens is 3. The van der Waals surface area contributed by atoms with Gasteiger partial charge in [-0.1, -0.05) is 0 Å². The molecule has 1 heterocycles. The SMILES string of the molecule is O=C(COc1c(I)cc(I)cc1I)C1CCOC1. The molecule has 1 aromatic rings. The second kappa shape index (κ2) is 7.02. The van der Waals surface area contributed by atoms with E-state index >= 15 is 0 Å². The van der Waals surface area contributed by atoms with Crippen LogP contribution in [-0.4, -0.2) is 25.6 Å². The van der Waals surface area contributed by atoms with Gasteiger partial charge in [-0.25, -0.2) is 0 Å². The van der Waals surface area contributed by atoms with Crippen molar-refractivity contribution in [3.8, 4) is 5.75 Å². The highest BCUT2D eigenvalue weighted by Gasteiger charge is 2.24. The zero-order chi connectivity index (χ0) is 13.1. The first-order valence-corrected chi connectivity index (χ1v) is 8.69. The maximum Gasteiger partial charge on any atom is 0.175 e. The number of carbonyl (C=O) groups excluding carboxylic acids is 1. The molecule has 1 saturated heterocycles. The smallest absolute Gasteiger partial charge is 0.175 e. The van der Waals surface area contributed by atoms with Crippen LogP contribution in [0.25, 0.3) is 0 Å². The molecule has 0 aromatic heterocycles. The molecule has 3 nitrogen and oxygen atoms in total. The molecule has 0 aliphatic carbocycles. The first kappa shape index (κ1) is 15.2. The highest BCUT2D eigenvalue weighted by atomic mass is 127. The molecule has 1 aromatic carbocycles. The fourth-order valence-electron chi connectivity index (χ4n) is 1.72. The summed E-state index contributed by atoms with van der Waals surface area (Å²) in [6.45, 7) is 1.37. The monoisotopic (exact) mass is 584 g/mol. The number of hydrogen-bond donors (Lipinski definition) is 0. The van der Waals surface area contributed by atoms with Crippen molar-refractivity contribution in [2.24, 2.45) is 5.92 Å². The van der Waals surface area contributed by atoms with Crippen molar-refractivity contribution >= 4 is 73.6 Å². The summed E-state index contributed by atoms with van der Waals surface area (Å²) in [4.78, 5) is 11.9. The van der Waals surface area contributed by atoms with Crippen LogP contribution in [0.15, 0.2) is 12.1 Å². The Kier molecular flexibility index (Phi) is 5.94. The van der Waals surface area contributed by atoms with Gasteiger partial charge in [-0.2, -0.15) is 0 Å². The van der Waals surface area contributed by atoms with Crippen molar-refractivity contribution in [1.82, 2.24) is 0 Å². The van der Waals surface area contributed by atoms with Crippen LogP contribution in [0.1, 0.15) is 6.42 Å². The largest absolute Gasteiger partial charge is 0.484 e. The summed E-state index contributed by atoms with van der Waals surface area (Å²) >= 11 is 6.74. The quantitative estimate of drug-likeness (QED) is 0.510. The minimum Gasteiger partial charge on any atom is -0.484 e. The normalized spacial score (nSPS) is 18.9. The Bertz CT molecular complexity index is 433. The molecule has 1 atom stereocenters. The van der Waals surface area contributed by atoms with Crippen molar-refractivity contribution in [2.45, 2.75) is 6.42 Å². The lowest BCUT2D eigenvalue weighted by Gasteiger charge is -2.12. The van der Waals surface area contributed by atoms with Gasteiger partial charge in [0.1, 0.15) is 12.4 Å². The van der Waals surface area contributed by atoms with Crippen molar-refractivity contribution in [3.05, 3.63) is 22.8 Å². The van der Waals surface area contributed by atoms with Gasteiger partial charge in [0.15, 0.2) is 5.78 Å². The molecule has 0 N–H and O–H groups in total. The molecule has 0 spiro atoms. The average Bonchev–Trinajstić information content (AvgIpc) is 2.80. The van der Waals surface area contributed by atoms with E-state index in [2.05, 4.69) is 67.8 Å². The van der Waals surface area contributed by atoms with Crippen molar-refractivity contribution in [2.75, 3.05) is 19.8 Å². The van der Waals surface area contributed by atoms with Crippen LogP contribution < -0.4 is 4.74 Å². The van der Waals surface area contributed by atoms with E-state index in [0.29, 0.717) is 13.2 Å². The van der Waals surface area contributed by atoms with Crippen LogP contribution in [0, 0.1) is 16.6 Å². The highest BCUT2D eigenvalue weighted by Crippen LogP contribution is 2.29.